The molecule has 2 atom stereocenters. The van der Waals surface area contributed by atoms with Gasteiger partial charge in [-0.3, -0.25) is 14.5 Å². The molecule has 3 aliphatic rings. The van der Waals surface area contributed by atoms with Gasteiger partial charge in [-0.1, -0.05) is 63.9 Å². The molecule has 2 aliphatic heterocycles. The lowest BCUT2D eigenvalue weighted by molar-refractivity contribution is -0.148. The van der Waals surface area contributed by atoms with E-state index in [1.54, 1.807) is 41.1 Å². The molecule has 0 aromatic heterocycles. The Kier molecular flexibility index (Phi) is 6.96. The molecule has 2 fully saturated rings. The van der Waals surface area contributed by atoms with Crippen LogP contribution in [0.3, 0.4) is 0 Å². The number of anilines is 1. The van der Waals surface area contributed by atoms with E-state index in [-0.39, 0.29) is 18.2 Å². The number of hydrogen-bond donors (Lipinski definition) is 2. The molecule has 11 heteroatoms. The molecule has 198 valence electrons. The predicted molar refractivity (Wildman–Crippen MR) is 148 cm³/mol. The van der Waals surface area contributed by atoms with Crippen LogP contribution in [0.5, 0.6) is 0 Å². The Morgan fingerprint density at radius 2 is 1.87 bits per heavy atom. The van der Waals surface area contributed by atoms with Crippen molar-refractivity contribution < 1.29 is 19.1 Å². The summed E-state index contributed by atoms with van der Waals surface area (Å²) in [7, 11) is 0. The highest BCUT2D eigenvalue weighted by Crippen LogP contribution is 2.43. The van der Waals surface area contributed by atoms with Crippen LogP contribution in [0, 0.1) is 0 Å². The van der Waals surface area contributed by atoms with Crippen molar-refractivity contribution in [1.82, 2.24) is 15.5 Å². The van der Waals surface area contributed by atoms with Gasteiger partial charge in [-0.25, -0.2) is 4.79 Å². The van der Waals surface area contributed by atoms with Crippen LogP contribution < -0.4 is 15.5 Å². The Hall–Kier alpha value is -3.01. The van der Waals surface area contributed by atoms with Gasteiger partial charge in [0, 0.05) is 27.1 Å². The summed E-state index contributed by atoms with van der Waals surface area (Å²) in [6, 6.07) is 12.6. The number of rotatable bonds is 8. The molecule has 1 saturated heterocycles. The Balaban J connectivity index is 1.49. The molecule has 1 aliphatic carbocycles. The summed E-state index contributed by atoms with van der Waals surface area (Å²) in [5, 5.41) is 6.78. The summed E-state index contributed by atoms with van der Waals surface area (Å²) in [5.74, 6) is -1.21. The van der Waals surface area contributed by atoms with Crippen molar-refractivity contribution in [2.45, 2.75) is 43.6 Å². The number of nitrogens with one attached hydrogen (secondary N) is 2. The number of nitrogens with zero attached hydrogens (tertiary/aromatic N) is 2. The number of ether oxygens (including phenoxy) is 1. The van der Waals surface area contributed by atoms with Crippen LogP contribution in [0.15, 0.2) is 71.5 Å². The van der Waals surface area contributed by atoms with Crippen LogP contribution in [0.4, 0.5) is 5.69 Å². The van der Waals surface area contributed by atoms with Crippen LogP contribution in [0.2, 0.25) is 10.0 Å². The first-order chi connectivity index (χ1) is 18.1. The molecular weight excluding hydrogens is 595 g/mol. The molecule has 2 aromatic rings. The lowest BCUT2D eigenvalue weighted by atomic mass is 9.90. The van der Waals surface area contributed by atoms with Crippen LogP contribution >= 0.6 is 39.1 Å². The van der Waals surface area contributed by atoms with Crippen LogP contribution in [-0.2, 0) is 25.5 Å². The van der Waals surface area contributed by atoms with E-state index in [2.05, 4.69) is 33.1 Å². The minimum Gasteiger partial charge on any atom is -0.460 e. The molecule has 2 N–H and O–H groups in total. The van der Waals surface area contributed by atoms with Gasteiger partial charge >= 0.3 is 5.97 Å². The van der Waals surface area contributed by atoms with Gasteiger partial charge in [0.15, 0.2) is 6.29 Å². The largest absolute Gasteiger partial charge is 0.460 e. The van der Waals surface area contributed by atoms with Gasteiger partial charge in [-0.05, 0) is 55.7 Å². The minimum atomic E-state index is -1.15. The summed E-state index contributed by atoms with van der Waals surface area (Å²) in [4.78, 5) is 43.6. The van der Waals surface area contributed by atoms with Crippen molar-refractivity contribution in [3.63, 3.8) is 0 Å². The molecule has 2 heterocycles. The number of esters is 1. The second kappa shape index (κ2) is 9.94. The highest BCUT2D eigenvalue weighted by atomic mass is 79.9. The maximum Gasteiger partial charge on any atom is 0.332 e. The summed E-state index contributed by atoms with van der Waals surface area (Å²) in [6.07, 6.45) is 3.60. The molecule has 0 radical (unpaired) electrons. The quantitative estimate of drug-likeness (QED) is 0.334. The highest BCUT2D eigenvalue weighted by molar-refractivity contribution is 9.10. The van der Waals surface area contributed by atoms with E-state index in [1.165, 1.54) is 6.08 Å². The summed E-state index contributed by atoms with van der Waals surface area (Å²) < 4.78 is 6.12. The molecule has 1 saturated carbocycles. The van der Waals surface area contributed by atoms with Gasteiger partial charge in [-0.2, -0.15) is 0 Å². The molecular formula is C27H25BrCl2N4O4. The summed E-state index contributed by atoms with van der Waals surface area (Å²) in [5.41, 5.74) is -0.588. The normalized spacial score (nSPS) is 22.9. The zero-order valence-corrected chi connectivity index (χ0v) is 23.6. The monoisotopic (exact) mass is 618 g/mol. The molecule has 0 bridgehead atoms. The van der Waals surface area contributed by atoms with Crippen LogP contribution in [0.25, 0.3) is 0 Å². The molecule has 8 nitrogen and oxygen atoms in total. The molecule has 2 amide bonds. The molecule has 2 aromatic carbocycles. The number of fused-ring (bicyclic) bond motifs is 1. The Morgan fingerprint density at radius 1 is 1.21 bits per heavy atom. The zero-order chi connectivity index (χ0) is 27.2. The fourth-order valence-electron chi connectivity index (χ4n) is 4.96. The Bertz CT molecular complexity index is 1340. The third-order valence-corrected chi connectivity index (χ3v) is 7.94. The van der Waals surface area contributed by atoms with Crippen molar-refractivity contribution in [3.05, 3.63) is 87.1 Å². The standard InChI is InChI=1S/C27H25BrCl2N4O4/c1-3-10-38-24(37)27(8-9-27)32-22(35)21-15-31-25-33(20-12-18(29)11-19(30)13-20)23(36)26(2,34(21)25)14-16-4-6-17(28)7-5-16/h3-7,11-13,15,25,31H,1,8-10,14H2,2H3,(H,32,35)/t25?,26-/m1/s1. The van der Waals surface area contributed by atoms with Crippen molar-refractivity contribution in [3.8, 4) is 0 Å². The lowest BCUT2D eigenvalue weighted by Gasteiger charge is -2.34. The third-order valence-electron chi connectivity index (χ3n) is 6.97. The highest BCUT2D eigenvalue weighted by Gasteiger charge is 2.60. The minimum absolute atomic E-state index is 0.0613. The molecule has 5 rings (SSSR count). The van der Waals surface area contributed by atoms with Gasteiger partial charge in [0.05, 0.1) is 5.69 Å². The van der Waals surface area contributed by atoms with Gasteiger partial charge in [0.2, 0.25) is 0 Å². The third kappa shape index (κ3) is 4.67. The maximum absolute atomic E-state index is 14.1. The van der Waals surface area contributed by atoms with Gasteiger partial charge in [-0.15, -0.1) is 0 Å². The van der Waals surface area contributed by atoms with E-state index in [0.717, 1.165) is 10.0 Å². The van der Waals surface area contributed by atoms with Crippen LogP contribution in [-0.4, -0.2) is 46.7 Å². The van der Waals surface area contributed by atoms with E-state index in [0.29, 0.717) is 35.0 Å². The Morgan fingerprint density at radius 3 is 2.47 bits per heavy atom. The number of hydrogen-bond acceptors (Lipinski definition) is 6. The fourth-order valence-corrected chi connectivity index (χ4v) is 5.74. The van der Waals surface area contributed by atoms with Crippen molar-refractivity contribution in [1.29, 1.82) is 0 Å². The molecule has 0 spiro atoms. The van der Waals surface area contributed by atoms with E-state index in [4.69, 9.17) is 27.9 Å². The summed E-state index contributed by atoms with van der Waals surface area (Å²) >= 11 is 16.0. The predicted octanol–water partition coefficient (Wildman–Crippen LogP) is 4.51. The average Bonchev–Trinajstić information content (AvgIpc) is 3.45. The van der Waals surface area contributed by atoms with E-state index >= 15 is 0 Å². The van der Waals surface area contributed by atoms with Crippen LogP contribution in [0.1, 0.15) is 25.3 Å². The van der Waals surface area contributed by atoms with Crippen molar-refractivity contribution >= 4 is 62.6 Å². The number of carbonyl (C=O) groups is 3. The zero-order valence-electron chi connectivity index (χ0n) is 20.5. The first-order valence-corrected chi connectivity index (χ1v) is 13.5. The Labute approximate surface area is 238 Å². The summed E-state index contributed by atoms with van der Waals surface area (Å²) in [6.45, 7) is 5.42. The van der Waals surface area contributed by atoms with E-state index < -0.39 is 29.2 Å². The first kappa shape index (κ1) is 26.6. The lowest BCUT2D eigenvalue weighted by Crippen LogP contribution is -2.53. The van der Waals surface area contributed by atoms with Crippen molar-refractivity contribution in [2.24, 2.45) is 0 Å². The average molecular weight is 620 g/mol. The van der Waals surface area contributed by atoms with Gasteiger partial charge in [0.1, 0.15) is 23.4 Å². The second-order valence-corrected chi connectivity index (χ2v) is 11.5. The first-order valence-electron chi connectivity index (χ1n) is 12.0. The maximum atomic E-state index is 14.1. The number of carbonyl (C=O) groups excluding carboxylic acids is 3. The fraction of sp³-hybridized carbons (Fsp3) is 0.296. The smallest absolute Gasteiger partial charge is 0.332 e. The SMILES string of the molecule is C=CCOC(=O)C1(NC(=O)C2=CNC3N(c4cc(Cl)cc(Cl)c4)C(=O)[C@@](C)(Cc4ccc(Br)cc4)N23)CC1. The number of amides is 2. The van der Waals surface area contributed by atoms with Gasteiger partial charge in [0.25, 0.3) is 11.8 Å². The topological polar surface area (TPSA) is 91.0 Å². The van der Waals surface area contributed by atoms with Gasteiger partial charge < -0.3 is 20.3 Å². The molecule has 38 heavy (non-hydrogen) atoms. The van der Waals surface area contributed by atoms with E-state index in [1.807, 2.05) is 24.3 Å². The number of benzene rings is 2. The van der Waals surface area contributed by atoms with E-state index in [9.17, 15) is 14.4 Å². The number of halogens is 3. The van der Waals surface area contributed by atoms with Crippen molar-refractivity contribution in [2.75, 3.05) is 11.5 Å². The molecule has 1 unspecified atom stereocenters. The second-order valence-electron chi connectivity index (χ2n) is 9.74.